The minimum absolute atomic E-state index is 0.438. The summed E-state index contributed by atoms with van der Waals surface area (Å²) in [6, 6.07) is 9.50. The zero-order valence-electron chi connectivity index (χ0n) is 6.21. The molecule has 1 aromatic carbocycles. The van der Waals surface area contributed by atoms with E-state index in [-0.39, 0.29) is 0 Å². The van der Waals surface area contributed by atoms with Crippen molar-refractivity contribution < 1.29 is 4.39 Å². The van der Waals surface area contributed by atoms with Crippen LogP contribution >= 0.6 is 28.1 Å². The predicted octanol–water partition coefficient (Wildman–Crippen LogP) is 3.73. The lowest BCUT2D eigenvalue weighted by Crippen LogP contribution is -1.58. The normalized spacial score (nSPS) is 7.50. The number of aliphatic imine (C=N–C) groups is 1. The van der Waals surface area contributed by atoms with Gasteiger partial charge < -0.3 is 0 Å². The molecule has 0 aliphatic carbocycles. The van der Waals surface area contributed by atoms with Crippen molar-refractivity contribution in [3.05, 3.63) is 30.3 Å². The van der Waals surface area contributed by atoms with Gasteiger partial charge in [-0.2, -0.15) is 4.99 Å². The monoisotopic (exact) mass is 247 g/mol. The number of benzene rings is 1. The Morgan fingerprint density at radius 1 is 1.42 bits per heavy atom. The van der Waals surface area contributed by atoms with E-state index >= 15 is 0 Å². The van der Waals surface area contributed by atoms with E-state index < -0.39 is 5.58 Å². The third-order valence-corrected chi connectivity index (χ3v) is 1.02. The van der Waals surface area contributed by atoms with Gasteiger partial charge in [-0.1, -0.05) is 34.1 Å². The molecule has 0 aromatic heterocycles. The van der Waals surface area contributed by atoms with Gasteiger partial charge >= 0.3 is 0 Å². The first-order valence-corrected chi connectivity index (χ1v) is 4.63. The van der Waals surface area contributed by atoms with E-state index in [2.05, 4.69) is 38.3 Å². The molecular weight excluding hydrogens is 241 g/mol. The Labute approximate surface area is 84.5 Å². The molecular formula is C8H7BrFNS. The van der Waals surface area contributed by atoms with Gasteiger partial charge in [-0.3, -0.25) is 0 Å². The summed E-state index contributed by atoms with van der Waals surface area (Å²) < 4.78 is 10.2. The zero-order chi connectivity index (χ0) is 9.23. The van der Waals surface area contributed by atoms with Crippen LogP contribution in [0.2, 0.25) is 0 Å². The molecule has 1 nitrogen and oxygen atoms in total. The minimum Gasteiger partial charge on any atom is -0.239 e. The number of thiocarbonyl (C=S) groups is 1. The fourth-order valence-corrected chi connectivity index (χ4v) is 0.661. The van der Waals surface area contributed by atoms with Crippen LogP contribution in [0, 0.1) is 0 Å². The molecule has 0 atom stereocenters. The topological polar surface area (TPSA) is 12.4 Å². The van der Waals surface area contributed by atoms with Crippen LogP contribution in [0.5, 0.6) is 0 Å². The van der Waals surface area contributed by atoms with Crippen LogP contribution in [0.4, 0.5) is 10.1 Å². The summed E-state index contributed by atoms with van der Waals surface area (Å²) in [6.45, 7) is 0. The molecule has 1 rings (SSSR count). The van der Waals surface area contributed by atoms with Gasteiger partial charge in [0.15, 0.2) is 0 Å². The predicted molar refractivity (Wildman–Crippen MR) is 56.0 cm³/mol. The van der Waals surface area contributed by atoms with Crippen molar-refractivity contribution in [2.75, 3.05) is 5.58 Å². The number of rotatable bonds is 1. The molecule has 0 radical (unpaired) electrons. The van der Waals surface area contributed by atoms with Crippen LogP contribution in [-0.4, -0.2) is 10.7 Å². The summed E-state index contributed by atoms with van der Waals surface area (Å²) in [6.07, 6.45) is 0. The molecule has 0 saturated heterocycles. The fraction of sp³-hybridized carbons (Fsp3) is 0.125. The molecule has 0 saturated carbocycles. The van der Waals surface area contributed by atoms with E-state index in [1.165, 1.54) is 0 Å². The van der Waals surface area contributed by atoms with Gasteiger partial charge in [-0.05, 0) is 24.4 Å². The second-order valence-corrected chi connectivity index (χ2v) is 2.25. The Morgan fingerprint density at radius 2 is 1.92 bits per heavy atom. The summed E-state index contributed by atoms with van der Waals surface area (Å²) in [7, 11) is 0. The SMILES string of the molecule is FCBr.S=C=Nc1ccccc1. The van der Waals surface area contributed by atoms with Crippen molar-refractivity contribution in [3.63, 3.8) is 0 Å². The highest BCUT2D eigenvalue weighted by molar-refractivity contribution is 9.09. The fourth-order valence-electron chi connectivity index (χ4n) is 0.555. The van der Waals surface area contributed by atoms with Crippen molar-refractivity contribution in [1.29, 1.82) is 0 Å². The van der Waals surface area contributed by atoms with Crippen LogP contribution in [0.15, 0.2) is 35.3 Å². The van der Waals surface area contributed by atoms with Crippen LogP contribution in [0.25, 0.3) is 0 Å². The van der Waals surface area contributed by atoms with E-state index in [1.807, 2.05) is 30.3 Å². The number of nitrogens with zero attached hydrogens (tertiary/aromatic N) is 1. The van der Waals surface area contributed by atoms with Gasteiger partial charge in [0.25, 0.3) is 0 Å². The molecule has 0 aliphatic heterocycles. The first-order valence-electron chi connectivity index (χ1n) is 3.10. The smallest absolute Gasteiger partial charge is 0.144 e. The molecule has 0 N–H and O–H groups in total. The molecule has 0 heterocycles. The zero-order valence-corrected chi connectivity index (χ0v) is 8.61. The first kappa shape index (κ1) is 11.4. The highest BCUT2D eigenvalue weighted by Gasteiger charge is 1.79. The van der Waals surface area contributed by atoms with Gasteiger partial charge in [0, 0.05) is 0 Å². The average Bonchev–Trinajstić information content (AvgIpc) is 2.08. The first-order chi connectivity index (χ1) is 5.85. The highest BCUT2D eigenvalue weighted by atomic mass is 79.9. The van der Waals surface area contributed by atoms with Crippen molar-refractivity contribution in [2.45, 2.75) is 0 Å². The maximum atomic E-state index is 10.2. The van der Waals surface area contributed by atoms with Crippen molar-refractivity contribution in [2.24, 2.45) is 4.99 Å². The van der Waals surface area contributed by atoms with E-state index in [0.717, 1.165) is 5.69 Å². The van der Waals surface area contributed by atoms with Gasteiger partial charge in [0.05, 0.1) is 10.8 Å². The second kappa shape index (κ2) is 8.53. The average molecular weight is 248 g/mol. The lowest BCUT2D eigenvalue weighted by atomic mass is 10.3. The molecule has 12 heavy (non-hydrogen) atoms. The van der Waals surface area contributed by atoms with E-state index in [0.29, 0.717) is 0 Å². The largest absolute Gasteiger partial charge is 0.239 e. The van der Waals surface area contributed by atoms with Crippen molar-refractivity contribution in [1.82, 2.24) is 0 Å². The van der Waals surface area contributed by atoms with Crippen LogP contribution in [-0.2, 0) is 0 Å². The van der Waals surface area contributed by atoms with Gasteiger partial charge in [-0.15, -0.1) is 0 Å². The molecule has 0 spiro atoms. The summed E-state index contributed by atoms with van der Waals surface area (Å²) >= 11 is 6.90. The second-order valence-electron chi connectivity index (χ2n) is 1.64. The third-order valence-electron chi connectivity index (χ3n) is 0.931. The molecule has 0 unspecified atom stereocenters. The Bertz CT molecular complexity index is 246. The Kier molecular flexibility index (Phi) is 8.12. The lowest BCUT2D eigenvalue weighted by Gasteiger charge is -1.83. The van der Waals surface area contributed by atoms with Crippen LogP contribution in [0.3, 0.4) is 0 Å². The van der Waals surface area contributed by atoms with Gasteiger partial charge in [-0.25, -0.2) is 4.39 Å². The number of hydrogen-bond acceptors (Lipinski definition) is 2. The lowest BCUT2D eigenvalue weighted by molar-refractivity contribution is 0.613. The van der Waals surface area contributed by atoms with Crippen molar-refractivity contribution in [3.8, 4) is 0 Å². The number of hydrogen-bond donors (Lipinski definition) is 0. The molecule has 0 bridgehead atoms. The molecule has 0 amide bonds. The van der Waals surface area contributed by atoms with E-state index in [4.69, 9.17) is 0 Å². The summed E-state index contributed by atoms with van der Waals surface area (Å²) in [5.74, 6) is 0. The minimum atomic E-state index is -0.438. The standard InChI is InChI=1S/C7H5NS.CH2BrF/c9-6-8-7-4-2-1-3-5-7;2-1-3/h1-5H;1H2. The van der Waals surface area contributed by atoms with Crippen LogP contribution < -0.4 is 0 Å². The summed E-state index contributed by atoms with van der Waals surface area (Å²) in [5.41, 5.74) is 0.417. The number of isothiocyanates is 1. The molecule has 0 fully saturated rings. The maximum absolute atomic E-state index is 10.2. The maximum Gasteiger partial charge on any atom is 0.144 e. The third kappa shape index (κ3) is 6.16. The van der Waals surface area contributed by atoms with Gasteiger partial charge in [0.1, 0.15) is 5.58 Å². The van der Waals surface area contributed by atoms with Crippen molar-refractivity contribution >= 4 is 39.0 Å². The Balaban J connectivity index is 0.000000354. The summed E-state index contributed by atoms with van der Waals surface area (Å²) in [5, 5.41) is 2.29. The number of alkyl halides is 2. The summed E-state index contributed by atoms with van der Waals surface area (Å²) in [4.78, 5) is 3.77. The van der Waals surface area contributed by atoms with E-state index in [9.17, 15) is 4.39 Å². The quantitative estimate of drug-likeness (QED) is 0.419. The highest BCUT2D eigenvalue weighted by Crippen LogP contribution is 2.07. The Hall–Kier alpha value is -0.570. The molecule has 4 heteroatoms. The van der Waals surface area contributed by atoms with Crippen LogP contribution in [0.1, 0.15) is 0 Å². The molecule has 0 aliphatic rings. The molecule has 64 valence electrons. The van der Waals surface area contributed by atoms with E-state index in [1.54, 1.807) is 0 Å². The van der Waals surface area contributed by atoms with Gasteiger partial charge in [0.2, 0.25) is 0 Å². The number of para-hydroxylation sites is 1. The number of halogens is 2. The molecule has 1 aromatic rings. The Morgan fingerprint density at radius 3 is 2.33 bits per heavy atom.